The summed E-state index contributed by atoms with van der Waals surface area (Å²) in [4.78, 5) is 28.5. The lowest BCUT2D eigenvalue weighted by atomic mass is 10.3. The van der Waals surface area contributed by atoms with E-state index >= 15 is 0 Å². The average Bonchev–Trinajstić information content (AvgIpc) is 3.00. The molecule has 0 aliphatic rings. The zero-order chi connectivity index (χ0) is 21.9. The van der Waals surface area contributed by atoms with Crippen LogP contribution >= 0.6 is 0 Å². The van der Waals surface area contributed by atoms with Crippen LogP contribution in [0.4, 0.5) is 18.9 Å². The number of imidazole rings is 1. The van der Waals surface area contributed by atoms with Crippen LogP contribution < -0.4 is 15.4 Å². The van der Waals surface area contributed by atoms with Crippen molar-refractivity contribution in [1.29, 1.82) is 0 Å². The van der Waals surface area contributed by atoms with Crippen LogP contribution in [-0.4, -0.2) is 27.7 Å². The van der Waals surface area contributed by atoms with E-state index in [0.717, 1.165) is 12.1 Å². The highest BCUT2D eigenvalue weighted by Crippen LogP contribution is 2.24. The predicted octanol–water partition coefficient (Wildman–Crippen LogP) is 3.77. The molecule has 1 unspecified atom stereocenters. The Hall–Kier alpha value is -3.56. The van der Waals surface area contributed by atoms with Crippen LogP contribution in [0.5, 0.6) is 5.75 Å². The number of benzene rings is 2. The Labute approximate surface area is 169 Å². The van der Waals surface area contributed by atoms with Crippen molar-refractivity contribution in [3.8, 4) is 5.75 Å². The van der Waals surface area contributed by atoms with Gasteiger partial charge in [-0.05, 0) is 43.3 Å². The van der Waals surface area contributed by atoms with Gasteiger partial charge < -0.3 is 19.9 Å². The molecule has 2 aromatic carbocycles. The Morgan fingerprint density at radius 1 is 1.13 bits per heavy atom. The number of aromatic nitrogens is 2. The van der Waals surface area contributed by atoms with Crippen molar-refractivity contribution < 1.29 is 27.5 Å². The van der Waals surface area contributed by atoms with Crippen LogP contribution in [0, 0.1) is 0 Å². The number of carbonyl (C=O) groups excluding carboxylic acids is 2. The van der Waals surface area contributed by atoms with Crippen molar-refractivity contribution in [3.05, 3.63) is 54.4 Å². The molecule has 0 spiro atoms. The van der Waals surface area contributed by atoms with Gasteiger partial charge in [-0.25, -0.2) is 4.98 Å². The molecule has 2 amide bonds. The first-order chi connectivity index (χ1) is 14.1. The number of alkyl halides is 3. The van der Waals surface area contributed by atoms with Crippen molar-refractivity contribution in [2.24, 2.45) is 0 Å². The van der Waals surface area contributed by atoms with E-state index in [0.29, 0.717) is 22.5 Å². The lowest BCUT2D eigenvalue weighted by molar-refractivity contribution is -0.274. The summed E-state index contributed by atoms with van der Waals surface area (Å²) in [6.45, 7) is 3.05. The Morgan fingerprint density at radius 3 is 2.43 bits per heavy atom. The maximum Gasteiger partial charge on any atom is 0.573 e. The van der Waals surface area contributed by atoms with Crippen LogP contribution in [-0.2, 0) is 16.1 Å². The van der Waals surface area contributed by atoms with Crippen LogP contribution in [0.15, 0.2) is 48.5 Å². The number of para-hydroxylation sites is 2. The first kappa shape index (κ1) is 21.2. The number of ether oxygens (including phenoxy) is 1. The van der Waals surface area contributed by atoms with Gasteiger partial charge in [0.25, 0.3) is 0 Å². The third-order valence-electron chi connectivity index (χ3n) is 4.16. The van der Waals surface area contributed by atoms with E-state index in [1.54, 1.807) is 17.6 Å². The molecule has 0 bridgehead atoms. The molecule has 30 heavy (non-hydrogen) atoms. The average molecular weight is 420 g/mol. The molecule has 1 atom stereocenters. The number of nitrogens with zero attached hydrogens (tertiary/aromatic N) is 2. The fourth-order valence-electron chi connectivity index (χ4n) is 3.04. The molecule has 3 rings (SSSR count). The van der Waals surface area contributed by atoms with Gasteiger partial charge in [0.1, 0.15) is 18.1 Å². The molecule has 0 aliphatic carbocycles. The number of hydrogen-bond acceptors (Lipinski definition) is 4. The largest absolute Gasteiger partial charge is 0.573 e. The van der Waals surface area contributed by atoms with Crippen molar-refractivity contribution >= 4 is 28.5 Å². The van der Waals surface area contributed by atoms with Crippen LogP contribution in [0.3, 0.4) is 0 Å². The second-order valence-electron chi connectivity index (χ2n) is 6.59. The number of rotatable bonds is 6. The Balaban J connectivity index is 1.78. The predicted molar refractivity (Wildman–Crippen MR) is 104 cm³/mol. The fourth-order valence-corrected chi connectivity index (χ4v) is 3.04. The number of anilines is 1. The lowest BCUT2D eigenvalue weighted by Crippen LogP contribution is -2.28. The summed E-state index contributed by atoms with van der Waals surface area (Å²) in [6, 6.07) is 11.6. The van der Waals surface area contributed by atoms with E-state index in [2.05, 4.69) is 20.4 Å². The van der Waals surface area contributed by atoms with E-state index in [4.69, 9.17) is 0 Å². The van der Waals surface area contributed by atoms with Gasteiger partial charge in [-0.15, -0.1) is 13.2 Å². The number of nitrogens with one attached hydrogen (secondary N) is 2. The van der Waals surface area contributed by atoms with Gasteiger partial charge in [0, 0.05) is 12.6 Å². The summed E-state index contributed by atoms with van der Waals surface area (Å²) in [6.07, 6.45) is -4.78. The molecule has 158 valence electrons. The third kappa shape index (κ3) is 5.28. The highest BCUT2D eigenvalue weighted by Gasteiger charge is 2.31. The van der Waals surface area contributed by atoms with Gasteiger partial charge in [-0.3, -0.25) is 9.59 Å². The standard InChI is InChI=1S/C20H19F3N4O3/c1-12(24-13(2)28)19-26-16-5-3-4-6-17(16)27(19)11-18(29)25-14-7-9-15(10-8-14)30-20(21,22)23/h3-10,12H,11H2,1-2H3,(H,24,28)(H,25,29). The molecule has 0 radical (unpaired) electrons. The van der Waals surface area contributed by atoms with E-state index < -0.39 is 18.3 Å². The summed E-state index contributed by atoms with van der Waals surface area (Å²) >= 11 is 0. The zero-order valence-electron chi connectivity index (χ0n) is 16.2. The topological polar surface area (TPSA) is 85.2 Å². The molecule has 1 aromatic heterocycles. The molecule has 7 nitrogen and oxygen atoms in total. The van der Waals surface area contributed by atoms with Gasteiger partial charge in [0.05, 0.1) is 17.1 Å². The van der Waals surface area contributed by atoms with Crippen molar-refractivity contribution in [3.63, 3.8) is 0 Å². The molecule has 3 aromatic rings. The number of hydrogen-bond donors (Lipinski definition) is 2. The number of carbonyl (C=O) groups is 2. The number of fused-ring (bicyclic) bond motifs is 1. The summed E-state index contributed by atoms with van der Waals surface area (Å²) in [5, 5.41) is 5.38. The van der Waals surface area contributed by atoms with Crippen molar-refractivity contribution in [2.75, 3.05) is 5.32 Å². The zero-order valence-corrected chi connectivity index (χ0v) is 16.2. The molecule has 0 saturated carbocycles. The minimum Gasteiger partial charge on any atom is -0.406 e. The second kappa shape index (κ2) is 8.44. The van der Waals surface area contributed by atoms with Crippen LogP contribution in [0.1, 0.15) is 25.7 Å². The molecular weight excluding hydrogens is 401 g/mol. The minimum atomic E-state index is -4.78. The van der Waals surface area contributed by atoms with Crippen LogP contribution in [0.2, 0.25) is 0 Å². The fraction of sp³-hybridized carbons (Fsp3) is 0.250. The Kier molecular flexibility index (Phi) is 5.95. The highest BCUT2D eigenvalue weighted by atomic mass is 19.4. The Bertz CT molecular complexity index is 1060. The first-order valence-corrected chi connectivity index (χ1v) is 9.00. The van der Waals surface area contributed by atoms with E-state index in [9.17, 15) is 22.8 Å². The van der Waals surface area contributed by atoms with E-state index in [-0.39, 0.29) is 18.2 Å². The Morgan fingerprint density at radius 2 is 1.80 bits per heavy atom. The second-order valence-corrected chi connectivity index (χ2v) is 6.59. The van der Waals surface area contributed by atoms with Gasteiger partial charge in [0.15, 0.2) is 0 Å². The quantitative estimate of drug-likeness (QED) is 0.636. The van der Waals surface area contributed by atoms with E-state index in [1.165, 1.54) is 19.1 Å². The smallest absolute Gasteiger partial charge is 0.406 e. The van der Waals surface area contributed by atoms with Gasteiger partial charge in [-0.1, -0.05) is 12.1 Å². The van der Waals surface area contributed by atoms with Gasteiger partial charge in [0.2, 0.25) is 11.8 Å². The molecule has 10 heteroatoms. The molecule has 1 heterocycles. The summed E-state index contributed by atoms with van der Waals surface area (Å²) in [7, 11) is 0. The normalized spacial score (nSPS) is 12.4. The summed E-state index contributed by atoms with van der Waals surface area (Å²) in [5.74, 6) is -0.506. The number of halogens is 3. The van der Waals surface area contributed by atoms with Gasteiger partial charge >= 0.3 is 6.36 Å². The lowest BCUT2D eigenvalue weighted by Gasteiger charge is -2.15. The van der Waals surface area contributed by atoms with Crippen molar-refractivity contribution in [1.82, 2.24) is 14.9 Å². The minimum absolute atomic E-state index is 0.0967. The third-order valence-corrected chi connectivity index (χ3v) is 4.16. The van der Waals surface area contributed by atoms with E-state index in [1.807, 2.05) is 18.2 Å². The van der Waals surface area contributed by atoms with Crippen molar-refractivity contribution in [2.45, 2.75) is 32.8 Å². The molecule has 0 aliphatic heterocycles. The molecular formula is C20H19F3N4O3. The van der Waals surface area contributed by atoms with Gasteiger partial charge in [-0.2, -0.15) is 0 Å². The summed E-state index contributed by atoms with van der Waals surface area (Å²) in [5.41, 5.74) is 1.70. The summed E-state index contributed by atoms with van der Waals surface area (Å²) < 4.78 is 42.2. The monoisotopic (exact) mass is 420 g/mol. The molecule has 0 saturated heterocycles. The molecule has 2 N–H and O–H groups in total. The maximum absolute atomic E-state index is 12.6. The SMILES string of the molecule is CC(=O)NC(C)c1nc2ccccc2n1CC(=O)Nc1ccc(OC(F)(F)F)cc1. The first-order valence-electron chi connectivity index (χ1n) is 9.00. The number of amides is 2. The van der Waals surface area contributed by atoms with Crippen LogP contribution in [0.25, 0.3) is 11.0 Å². The molecule has 0 fully saturated rings. The maximum atomic E-state index is 12.6. The highest BCUT2D eigenvalue weighted by molar-refractivity contribution is 5.91.